The lowest BCUT2D eigenvalue weighted by atomic mass is 9.95. The number of aliphatic imine (C=N–C) groups is 1. The minimum atomic E-state index is -4.79. The third-order valence-electron chi connectivity index (χ3n) is 10.6. The zero-order valence-electron chi connectivity index (χ0n) is 33.4. The van der Waals surface area contributed by atoms with E-state index in [2.05, 4.69) is 28.7 Å². The number of hydrogen-bond acceptors (Lipinski definition) is 12. The van der Waals surface area contributed by atoms with Crippen LogP contribution >= 0.6 is 7.82 Å². The smallest absolute Gasteiger partial charge is 0.387 e. The summed E-state index contributed by atoms with van der Waals surface area (Å²) < 4.78 is 51.7. The number of halogens is 1. The van der Waals surface area contributed by atoms with Gasteiger partial charge in [0.05, 0.1) is 49.8 Å². The maximum Gasteiger partial charge on any atom is 0.472 e. The second kappa shape index (κ2) is 23.9. The van der Waals surface area contributed by atoms with E-state index in [1.165, 1.54) is 100 Å². The lowest BCUT2D eigenvalue weighted by Crippen LogP contribution is -2.49. The number of anilines is 1. The van der Waals surface area contributed by atoms with Crippen molar-refractivity contribution in [2.75, 3.05) is 25.5 Å². The number of benzene rings is 1. The molecule has 3 heterocycles. The lowest BCUT2D eigenvalue weighted by Gasteiger charge is -2.30. The number of phosphoric acid groups is 1. The van der Waals surface area contributed by atoms with E-state index in [0.29, 0.717) is 23.2 Å². The van der Waals surface area contributed by atoms with E-state index in [4.69, 9.17) is 24.3 Å². The molecule has 1 unspecified atom stereocenters. The van der Waals surface area contributed by atoms with E-state index in [0.717, 1.165) is 31.7 Å². The van der Waals surface area contributed by atoms with Crippen molar-refractivity contribution in [3.05, 3.63) is 59.3 Å². The van der Waals surface area contributed by atoms with Gasteiger partial charge in [-0.05, 0) is 49.0 Å². The highest BCUT2D eigenvalue weighted by Crippen LogP contribution is 2.48. The fraction of sp³-hybridized carbons (Fsp3) is 0.659. The molecule has 57 heavy (non-hydrogen) atoms. The molecule has 0 aliphatic carbocycles. The monoisotopic (exact) mass is 816 g/mol. The number of nitrogens with zero attached hydrogens (tertiary/aromatic N) is 5. The quantitative estimate of drug-likeness (QED) is 0.0299. The molecule has 3 aromatic rings. The first kappa shape index (κ1) is 46.4. The van der Waals surface area contributed by atoms with Gasteiger partial charge in [0.2, 0.25) is 0 Å². The van der Waals surface area contributed by atoms with E-state index >= 15 is 0 Å². The van der Waals surface area contributed by atoms with Crippen molar-refractivity contribution in [3.8, 4) is 6.07 Å². The maximum absolute atomic E-state index is 14.1. The van der Waals surface area contributed by atoms with Crippen molar-refractivity contribution in [2.24, 2.45) is 4.99 Å². The average Bonchev–Trinajstić information content (AvgIpc) is 3.73. The van der Waals surface area contributed by atoms with E-state index in [9.17, 15) is 29.3 Å². The summed E-state index contributed by atoms with van der Waals surface area (Å²) in [5.41, 5.74) is 5.59. The molecule has 1 aliphatic heterocycles. The molecular formula is C41H62FN6O8P. The van der Waals surface area contributed by atoms with Crippen LogP contribution in [0.3, 0.4) is 0 Å². The van der Waals surface area contributed by atoms with Gasteiger partial charge in [-0.3, -0.25) is 14.0 Å². The van der Waals surface area contributed by atoms with Gasteiger partial charge < -0.3 is 30.3 Å². The number of ether oxygens (including phenoxy) is 2. The molecule has 5 N–H and O–H groups in total. The molecule has 0 spiro atoms. The van der Waals surface area contributed by atoms with E-state index in [1.807, 2.05) is 6.07 Å². The fourth-order valence-corrected chi connectivity index (χ4v) is 8.14. The van der Waals surface area contributed by atoms with Crippen molar-refractivity contribution in [2.45, 2.75) is 153 Å². The van der Waals surface area contributed by atoms with Gasteiger partial charge in [0.1, 0.15) is 41.6 Å². The SMILES string of the molecule is C=NC[C@]1(COP(=O)(O)OC[C@@H](CCCCCCCCCCCCCCCCCC)OCc2cc(F)cc(C#N)c2)O[C@@H](c2ccc3c(N)ncnn23)[C@H](O)[C@@H]1O. The number of rotatable bonds is 29. The number of aliphatic hydroxyl groups is 2. The van der Waals surface area contributed by atoms with Crippen molar-refractivity contribution in [1.82, 2.24) is 14.6 Å². The van der Waals surface area contributed by atoms with Crippen molar-refractivity contribution in [1.29, 1.82) is 5.26 Å². The minimum absolute atomic E-state index is 0.0473. The topological polar surface area (TPSA) is 207 Å². The van der Waals surface area contributed by atoms with Gasteiger partial charge in [0.25, 0.3) is 0 Å². The van der Waals surface area contributed by atoms with Crippen LogP contribution in [0.1, 0.15) is 139 Å². The Morgan fingerprint density at radius 3 is 2.26 bits per heavy atom. The van der Waals surface area contributed by atoms with Gasteiger partial charge in [-0.15, -0.1) is 0 Å². The highest BCUT2D eigenvalue weighted by atomic mass is 31.2. The second-order valence-corrected chi connectivity index (χ2v) is 16.6. The first-order chi connectivity index (χ1) is 27.5. The molecule has 316 valence electrons. The molecule has 0 radical (unpaired) electrons. The number of aliphatic hydroxyl groups excluding tert-OH is 2. The summed E-state index contributed by atoms with van der Waals surface area (Å²) in [7, 11) is -4.79. The summed E-state index contributed by atoms with van der Waals surface area (Å²) in [4.78, 5) is 18.6. The number of fused-ring (bicyclic) bond motifs is 1. The van der Waals surface area contributed by atoms with Gasteiger partial charge in [-0.1, -0.05) is 110 Å². The van der Waals surface area contributed by atoms with Crippen LogP contribution in [0.25, 0.3) is 5.52 Å². The molecule has 0 saturated carbocycles. The van der Waals surface area contributed by atoms with Crippen molar-refractivity contribution >= 4 is 25.9 Å². The molecule has 1 aliphatic rings. The van der Waals surface area contributed by atoms with Crippen LogP contribution in [0.2, 0.25) is 0 Å². The van der Waals surface area contributed by atoms with Crippen LogP contribution in [-0.2, 0) is 29.7 Å². The number of nitriles is 1. The molecule has 0 amide bonds. The molecule has 14 nitrogen and oxygen atoms in total. The molecule has 2 aromatic heterocycles. The molecular weight excluding hydrogens is 754 g/mol. The molecule has 1 saturated heterocycles. The summed E-state index contributed by atoms with van der Waals surface area (Å²) in [6.07, 6.45) is 16.5. The van der Waals surface area contributed by atoms with Crippen LogP contribution in [0.4, 0.5) is 10.2 Å². The molecule has 4 rings (SSSR count). The first-order valence-electron chi connectivity index (χ1n) is 20.5. The Kier molecular flexibility index (Phi) is 19.5. The van der Waals surface area contributed by atoms with Crippen LogP contribution < -0.4 is 5.73 Å². The van der Waals surface area contributed by atoms with E-state index in [-0.39, 0.29) is 31.1 Å². The largest absolute Gasteiger partial charge is 0.472 e. The van der Waals surface area contributed by atoms with E-state index < -0.39 is 50.3 Å². The number of phosphoric ester groups is 1. The predicted octanol–water partition coefficient (Wildman–Crippen LogP) is 7.93. The Morgan fingerprint density at radius 1 is 1.02 bits per heavy atom. The zero-order chi connectivity index (χ0) is 41.1. The van der Waals surface area contributed by atoms with E-state index in [1.54, 1.807) is 12.1 Å². The normalized spacial score (nSPS) is 21.1. The number of nitrogen functional groups attached to an aromatic ring is 1. The highest BCUT2D eigenvalue weighted by Gasteiger charge is 2.56. The number of aromatic nitrogens is 3. The standard InChI is InChI=1S/C41H62FN6O8P/c1-3-4-5-6-7-8-9-10-11-12-13-14-15-16-17-18-19-34(53-26-32-22-31(25-43)23-33(42)24-32)27-54-57(51,52)55-29-41(28-45-2)39(50)37(49)38(56-41)35-20-21-36-40(44)46-30-47-48(35)36/h20-24,30,34,37-39,49-50H,2-19,26-29H2,1H3,(H,51,52)(H2,44,46,47)/t34-,37+,38+,39+,41-/m1/s1. The highest BCUT2D eigenvalue weighted by molar-refractivity contribution is 7.47. The van der Waals surface area contributed by atoms with Gasteiger partial charge >= 0.3 is 7.82 Å². The van der Waals surface area contributed by atoms with Crippen molar-refractivity contribution in [3.63, 3.8) is 0 Å². The van der Waals surface area contributed by atoms with Crippen LogP contribution in [0, 0.1) is 17.1 Å². The Labute approximate surface area is 336 Å². The lowest BCUT2D eigenvalue weighted by molar-refractivity contribution is -0.106. The Balaban J connectivity index is 1.26. The summed E-state index contributed by atoms with van der Waals surface area (Å²) in [6.45, 7) is 4.39. The first-order valence-corrected chi connectivity index (χ1v) is 22.0. The Morgan fingerprint density at radius 2 is 1.65 bits per heavy atom. The summed E-state index contributed by atoms with van der Waals surface area (Å²) in [5.74, 6) is -0.370. The van der Waals surface area contributed by atoms with Crippen LogP contribution in [0.5, 0.6) is 0 Å². The van der Waals surface area contributed by atoms with Gasteiger partial charge in [0, 0.05) is 0 Å². The fourth-order valence-electron chi connectivity index (χ4n) is 7.33. The second-order valence-electron chi connectivity index (χ2n) is 15.1. The minimum Gasteiger partial charge on any atom is -0.387 e. The Hall–Kier alpha value is -3.32. The third-order valence-corrected chi connectivity index (χ3v) is 11.5. The molecule has 16 heteroatoms. The molecule has 6 atom stereocenters. The predicted molar refractivity (Wildman–Crippen MR) is 216 cm³/mol. The van der Waals surface area contributed by atoms with Crippen LogP contribution in [-0.4, -0.2) is 80.1 Å². The summed E-state index contributed by atoms with van der Waals surface area (Å²) >= 11 is 0. The Bertz CT molecular complexity index is 1760. The number of unbranched alkanes of at least 4 members (excludes halogenated alkanes) is 15. The number of hydrogen-bond donors (Lipinski definition) is 4. The summed E-state index contributed by atoms with van der Waals surface area (Å²) in [5, 5.41) is 35.7. The van der Waals surface area contributed by atoms with Gasteiger partial charge in [-0.25, -0.2) is 18.5 Å². The van der Waals surface area contributed by atoms with Gasteiger partial charge in [0.15, 0.2) is 5.82 Å². The third kappa shape index (κ3) is 14.5. The van der Waals surface area contributed by atoms with Gasteiger partial charge in [-0.2, -0.15) is 10.4 Å². The molecule has 1 aromatic carbocycles. The molecule has 1 fully saturated rings. The maximum atomic E-state index is 14.1. The van der Waals surface area contributed by atoms with Crippen molar-refractivity contribution < 1.29 is 42.6 Å². The average molecular weight is 817 g/mol. The number of nitrogens with two attached hydrogens (primary N) is 1. The van der Waals surface area contributed by atoms with Crippen LogP contribution in [0.15, 0.2) is 41.7 Å². The summed E-state index contributed by atoms with van der Waals surface area (Å²) in [6, 6.07) is 9.11. The molecule has 0 bridgehead atoms. The zero-order valence-corrected chi connectivity index (χ0v) is 34.2.